The monoisotopic (exact) mass is 329 g/mol. The van der Waals surface area contributed by atoms with Crippen molar-refractivity contribution in [2.75, 3.05) is 24.6 Å². The Balaban J connectivity index is 2.17. The Hall–Kier alpha value is -1.67. The van der Waals surface area contributed by atoms with Gasteiger partial charge in [-0.1, -0.05) is 0 Å². The highest BCUT2D eigenvalue weighted by atomic mass is 32.2. The molecule has 0 aliphatic carbocycles. The minimum Gasteiger partial charge on any atom is -0.478 e. The van der Waals surface area contributed by atoms with Gasteiger partial charge in [-0.3, -0.25) is 4.79 Å². The number of carbonyl (C=O) groups excluding carboxylic acids is 1. The van der Waals surface area contributed by atoms with Gasteiger partial charge in [-0.2, -0.15) is 0 Å². The number of rotatable bonds is 3. The summed E-state index contributed by atoms with van der Waals surface area (Å²) >= 11 is 1.22. The molecule has 1 amide bonds. The highest BCUT2D eigenvalue weighted by molar-refractivity contribution is 7.91. The van der Waals surface area contributed by atoms with Gasteiger partial charge < -0.3 is 10.0 Å². The van der Waals surface area contributed by atoms with Crippen molar-refractivity contribution in [3.63, 3.8) is 0 Å². The van der Waals surface area contributed by atoms with Crippen LogP contribution in [0.2, 0.25) is 0 Å². The Bertz CT molecular complexity index is 674. The number of sulfone groups is 1. The SMILES string of the molecule is O=C(O)/C=C/c1ccsc1C(=O)N1CCCS(=O)(=O)CC1. The lowest BCUT2D eigenvalue weighted by molar-refractivity contribution is -0.131. The van der Waals surface area contributed by atoms with Crippen molar-refractivity contribution < 1.29 is 23.1 Å². The summed E-state index contributed by atoms with van der Waals surface area (Å²) in [6.45, 7) is 0.583. The highest BCUT2D eigenvalue weighted by Crippen LogP contribution is 2.21. The van der Waals surface area contributed by atoms with E-state index in [9.17, 15) is 18.0 Å². The average molecular weight is 329 g/mol. The third kappa shape index (κ3) is 4.15. The quantitative estimate of drug-likeness (QED) is 0.839. The van der Waals surface area contributed by atoms with Crippen LogP contribution < -0.4 is 0 Å². The average Bonchev–Trinajstić information content (AvgIpc) is 2.80. The molecule has 0 saturated carbocycles. The molecule has 1 aromatic rings. The molecule has 21 heavy (non-hydrogen) atoms. The minimum atomic E-state index is -3.07. The zero-order chi connectivity index (χ0) is 15.5. The predicted octanol–water partition coefficient (Wildman–Crippen LogP) is 1.11. The van der Waals surface area contributed by atoms with E-state index in [0.29, 0.717) is 23.4 Å². The molecular formula is C13H15NO5S2. The summed E-state index contributed by atoms with van der Waals surface area (Å²) in [4.78, 5) is 25.0. The topological polar surface area (TPSA) is 91.8 Å². The van der Waals surface area contributed by atoms with E-state index in [1.807, 2.05) is 0 Å². The maximum atomic E-state index is 12.5. The molecule has 6 nitrogen and oxygen atoms in total. The van der Waals surface area contributed by atoms with E-state index in [2.05, 4.69) is 0 Å². The third-order valence-corrected chi connectivity index (χ3v) is 5.77. The molecule has 0 radical (unpaired) electrons. The van der Waals surface area contributed by atoms with E-state index in [4.69, 9.17) is 5.11 Å². The van der Waals surface area contributed by atoms with Gasteiger partial charge in [-0.15, -0.1) is 11.3 Å². The molecule has 2 heterocycles. The molecule has 0 atom stereocenters. The number of carboxylic acid groups (broad SMARTS) is 1. The second-order valence-electron chi connectivity index (χ2n) is 4.67. The fourth-order valence-corrected chi connectivity index (χ4v) is 4.19. The van der Waals surface area contributed by atoms with Gasteiger partial charge in [0.15, 0.2) is 9.84 Å². The van der Waals surface area contributed by atoms with Crippen LogP contribution in [0, 0.1) is 0 Å². The lowest BCUT2D eigenvalue weighted by atomic mass is 10.2. The minimum absolute atomic E-state index is 0.0234. The molecule has 0 unspecified atom stereocenters. The first-order chi connectivity index (χ1) is 9.89. The van der Waals surface area contributed by atoms with Gasteiger partial charge in [-0.25, -0.2) is 13.2 Å². The first-order valence-electron chi connectivity index (χ1n) is 6.37. The van der Waals surface area contributed by atoms with E-state index in [-0.39, 0.29) is 24.0 Å². The maximum Gasteiger partial charge on any atom is 0.328 e. The summed E-state index contributed by atoms with van der Waals surface area (Å²) in [6, 6.07) is 1.67. The molecule has 2 rings (SSSR count). The Morgan fingerprint density at radius 1 is 1.29 bits per heavy atom. The summed E-state index contributed by atoms with van der Waals surface area (Å²) in [6.07, 6.45) is 2.78. The van der Waals surface area contributed by atoms with Crippen molar-refractivity contribution in [2.24, 2.45) is 0 Å². The van der Waals surface area contributed by atoms with Crippen LogP contribution in [0.5, 0.6) is 0 Å². The molecule has 1 aromatic heterocycles. The third-order valence-electron chi connectivity index (χ3n) is 3.14. The molecule has 1 aliphatic rings. The van der Waals surface area contributed by atoms with Gasteiger partial charge in [-0.05, 0) is 29.5 Å². The normalized spacial score (nSPS) is 18.6. The largest absolute Gasteiger partial charge is 0.478 e. The number of nitrogens with zero attached hydrogens (tertiary/aromatic N) is 1. The lowest BCUT2D eigenvalue weighted by Gasteiger charge is -2.19. The van der Waals surface area contributed by atoms with Gasteiger partial charge in [0, 0.05) is 19.2 Å². The van der Waals surface area contributed by atoms with E-state index in [1.165, 1.54) is 22.3 Å². The van der Waals surface area contributed by atoms with Gasteiger partial charge in [0.1, 0.15) is 0 Å². The molecule has 1 fully saturated rings. The van der Waals surface area contributed by atoms with Crippen LogP contribution in [0.15, 0.2) is 17.5 Å². The maximum absolute atomic E-state index is 12.5. The highest BCUT2D eigenvalue weighted by Gasteiger charge is 2.25. The van der Waals surface area contributed by atoms with E-state index in [0.717, 1.165) is 6.08 Å². The van der Waals surface area contributed by atoms with Gasteiger partial charge >= 0.3 is 5.97 Å². The number of carbonyl (C=O) groups is 2. The molecule has 114 valence electrons. The summed E-state index contributed by atoms with van der Waals surface area (Å²) < 4.78 is 23.1. The second kappa shape index (κ2) is 6.40. The van der Waals surface area contributed by atoms with E-state index < -0.39 is 15.8 Å². The fourth-order valence-electron chi connectivity index (χ4n) is 2.07. The number of thiophene rings is 1. The van der Waals surface area contributed by atoms with E-state index in [1.54, 1.807) is 11.4 Å². The Kier molecular flexibility index (Phi) is 4.79. The van der Waals surface area contributed by atoms with Gasteiger partial charge in [0.25, 0.3) is 5.91 Å². The number of hydrogen-bond acceptors (Lipinski definition) is 5. The standard InChI is InChI=1S/C13H15NO5S2/c15-11(16)3-2-10-4-7-20-12(10)13(17)14-5-1-8-21(18,19)9-6-14/h2-4,7H,1,5-6,8-9H2,(H,15,16)/b3-2+. The van der Waals surface area contributed by atoms with Gasteiger partial charge in [0.2, 0.25) is 0 Å². The molecule has 1 aliphatic heterocycles. The molecular weight excluding hydrogens is 314 g/mol. The summed E-state index contributed by atoms with van der Waals surface area (Å²) in [7, 11) is -3.07. The lowest BCUT2D eigenvalue weighted by Crippen LogP contribution is -2.33. The molecule has 0 bridgehead atoms. The van der Waals surface area contributed by atoms with Crippen molar-refractivity contribution in [3.8, 4) is 0 Å². The summed E-state index contributed by atoms with van der Waals surface area (Å²) in [5.41, 5.74) is 0.541. The summed E-state index contributed by atoms with van der Waals surface area (Å²) in [5, 5.41) is 10.4. The van der Waals surface area contributed by atoms with E-state index >= 15 is 0 Å². The first-order valence-corrected chi connectivity index (χ1v) is 9.07. The first kappa shape index (κ1) is 15.7. The second-order valence-corrected chi connectivity index (χ2v) is 7.89. The fraction of sp³-hybridized carbons (Fsp3) is 0.385. The molecule has 0 spiro atoms. The number of amides is 1. The van der Waals surface area contributed by atoms with Crippen LogP contribution in [0.4, 0.5) is 0 Å². The number of hydrogen-bond donors (Lipinski definition) is 1. The number of aliphatic carboxylic acids is 1. The van der Waals surface area contributed by atoms with Crippen molar-refractivity contribution in [1.82, 2.24) is 4.90 Å². The molecule has 1 N–H and O–H groups in total. The smallest absolute Gasteiger partial charge is 0.328 e. The summed E-state index contributed by atoms with van der Waals surface area (Å²) in [5.74, 6) is -1.25. The van der Waals surface area contributed by atoms with Gasteiger partial charge in [0.05, 0.1) is 16.4 Å². The number of carboxylic acids is 1. The molecule has 8 heteroatoms. The van der Waals surface area contributed by atoms with Crippen molar-refractivity contribution in [2.45, 2.75) is 6.42 Å². The van der Waals surface area contributed by atoms with Crippen LogP contribution in [-0.2, 0) is 14.6 Å². The Labute approximate surface area is 126 Å². The van der Waals surface area contributed by atoms with Crippen molar-refractivity contribution in [1.29, 1.82) is 0 Å². The van der Waals surface area contributed by atoms with Crippen molar-refractivity contribution in [3.05, 3.63) is 28.0 Å². The van der Waals surface area contributed by atoms with Crippen LogP contribution >= 0.6 is 11.3 Å². The van der Waals surface area contributed by atoms with Crippen LogP contribution in [0.1, 0.15) is 21.7 Å². The Morgan fingerprint density at radius 2 is 2.05 bits per heavy atom. The zero-order valence-corrected chi connectivity index (χ0v) is 12.8. The zero-order valence-electron chi connectivity index (χ0n) is 11.2. The molecule has 0 aromatic carbocycles. The van der Waals surface area contributed by atoms with Crippen LogP contribution in [-0.4, -0.2) is 54.9 Å². The molecule has 1 saturated heterocycles. The Morgan fingerprint density at radius 3 is 2.76 bits per heavy atom. The van der Waals surface area contributed by atoms with Crippen LogP contribution in [0.3, 0.4) is 0 Å². The predicted molar refractivity (Wildman–Crippen MR) is 80.2 cm³/mol. The van der Waals surface area contributed by atoms with Crippen LogP contribution in [0.25, 0.3) is 6.08 Å². The van der Waals surface area contributed by atoms with Crippen molar-refractivity contribution >= 4 is 39.1 Å².